The number of rotatable bonds is 5. The van der Waals surface area contributed by atoms with Gasteiger partial charge in [0.05, 0.1) is 0 Å². The lowest BCUT2D eigenvalue weighted by atomic mass is 10.0. The number of thioether (sulfide) groups is 2. The second-order valence-corrected chi connectivity index (χ2v) is 8.60. The van der Waals surface area contributed by atoms with Gasteiger partial charge in [0.15, 0.2) is 0 Å². The largest absolute Gasteiger partial charge is 0.313 e. The molecule has 5 heteroatoms. The van der Waals surface area contributed by atoms with E-state index >= 15 is 0 Å². The molecule has 0 aromatic heterocycles. The molecule has 1 aliphatic rings. The summed E-state index contributed by atoms with van der Waals surface area (Å²) in [6.07, 6.45) is 0.668. The highest BCUT2D eigenvalue weighted by Gasteiger charge is 2.31. The van der Waals surface area contributed by atoms with Gasteiger partial charge in [0.2, 0.25) is 0 Å². The average molecular weight is 331 g/mol. The van der Waals surface area contributed by atoms with Gasteiger partial charge in [-0.05, 0) is 30.7 Å². The third kappa shape index (κ3) is 4.86. The first kappa shape index (κ1) is 17.1. The zero-order valence-electron chi connectivity index (χ0n) is 12.7. The summed E-state index contributed by atoms with van der Waals surface area (Å²) in [6, 6.07) is 4.07. The molecule has 0 saturated carbocycles. The first-order valence-electron chi connectivity index (χ1n) is 7.45. The number of benzene rings is 1. The molecule has 0 spiro atoms. The normalized spacial score (nSPS) is 27.6. The van der Waals surface area contributed by atoms with Crippen molar-refractivity contribution in [1.82, 2.24) is 5.32 Å². The van der Waals surface area contributed by atoms with Crippen LogP contribution in [0.3, 0.4) is 0 Å². The van der Waals surface area contributed by atoms with Crippen molar-refractivity contribution < 1.29 is 8.78 Å². The van der Waals surface area contributed by atoms with E-state index in [1.807, 2.05) is 23.5 Å². The molecule has 1 saturated heterocycles. The zero-order chi connectivity index (χ0) is 15.4. The first-order valence-corrected chi connectivity index (χ1v) is 9.44. The Morgan fingerprint density at radius 1 is 1.19 bits per heavy atom. The van der Waals surface area contributed by atoms with Crippen molar-refractivity contribution in [2.24, 2.45) is 0 Å². The summed E-state index contributed by atoms with van der Waals surface area (Å²) in [7, 11) is 0. The molecule has 0 aliphatic carbocycles. The van der Waals surface area contributed by atoms with Crippen LogP contribution in [0.15, 0.2) is 18.2 Å². The second-order valence-electron chi connectivity index (χ2n) is 5.56. The van der Waals surface area contributed by atoms with Crippen LogP contribution in [0, 0.1) is 11.6 Å². The Morgan fingerprint density at radius 3 is 2.43 bits per heavy atom. The van der Waals surface area contributed by atoms with E-state index in [-0.39, 0.29) is 6.04 Å². The van der Waals surface area contributed by atoms with Crippen LogP contribution in [-0.4, -0.2) is 34.1 Å². The molecular formula is C16H23F2NS2. The lowest BCUT2D eigenvalue weighted by molar-refractivity contribution is 0.514. The van der Waals surface area contributed by atoms with Gasteiger partial charge in [0.25, 0.3) is 0 Å². The molecular weight excluding hydrogens is 308 g/mol. The minimum Gasteiger partial charge on any atom is -0.313 e. The zero-order valence-corrected chi connectivity index (χ0v) is 14.4. The van der Waals surface area contributed by atoms with E-state index in [2.05, 4.69) is 26.1 Å². The van der Waals surface area contributed by atoms with Gasteiger partial charge in [-0.3, -0.25) is 0 Å². The summed E-state index contributed by atoms with van der Waals surface area (Å²) in [4.78, 5) is 0. The van der Waals surface area contributed by atoms with Gasteiger partial charge in [0.1, 0.15) is 11.6 Å². The van der Waals surface area contributed by atoms with E-state index < -0.39 is 11.6 Å². The van der Waals surface area contributed by atoms with Gasteiger partial charge in [-0.25, -0.2) is 8.78 Å². The van der Waals surface area contributed by atoms with Crippen molar-refractivity contribution in [2.45, 2.75) is 49.0 Å². The number of likely N-dealkylation sites (N-methyl/N-ethyl adjacent to an activating group) is 1. The van der Waals surface area contributed by atoms with Crippen molar-refractivity contribution in [2.75, 3.05) is 12.3 Å². The third-order valence-corrected chi connectivity index (χ3v) is 7.42. The number of halogens is 2. The molecule has 4 unspecified atom stereocenters. The molecule has 1 aliphatic heterocycles. The fourth-order valence-electron chi connectivity index (χ4n) is 2.60. The molecule has 0 amide bonds. The summed E-state index contributed by atoms with van der Waals surface area (Å²) in [5, 5.41) is 5.25. The van der Waals surface area contributed by atoms with Gasteiger partial charge in [-0.2, -0.15) is 23.5 Å². The molecule has 0 radical (unpaired) electrons. The van der Waals surface area contributed by atoms with Crippen LogP contribution in [0.5, 0.6) is 0 Å². The van der Waals surface area contributed by atoms with Crippen molar-refractivity contribution in [3.05, 3.63) is 35.4 Å². The molecule has 1 nitrogen and oxygen atoms in total. The van der Waals surface area contributed by atoms with E-state index in [9.17, 15) is 8.78 Å². The highest BCUT2D eigenvalue weighted by atomic mass is 32.2. The van der Waals surface area contributed by atoms with Crippen LogP contribution in [0.1, 0.15) is 26.3 Å². The van der Waals surface area contributed by atoms with Gasteiger partial charge in [-0.15, -0.1) is 0 Å². The standard InChI is InChI=1S/C16H23F2NS2/c1-4-19-15(16-9-20-10(2)11(3)21-16)7-12-5-13(17)8-14(18)6-12/h5-6,8,10-11,15-16,19H,4,7,9H2,1-3H3. The molecule has 1 aromatic carbocycles. The second kappa shape index (κ2) is 7.84. The maximum Gasteiger partial charge on any atom is 0.126 e. The SMILES string of the molecule is CCNC(Cc1cc(F)cc(F)c1)C1CSC(C)C(C)S1. The third-order valence-electron chi connectivity index (χ3n) is 3.87. The highest BCUT2D eigenvalue weighted by Crippen LogP contribution is 2.37. The Bertz CT molecular complexity index is 449. The Morgan fingerprint density at radius 2 is 1.86 bits per heavy atom. The predicted octanol–water partition coefficient (Wildman–Crippen LogP) is 4.11. The minimum atomic E-state index is -0.493. The average Bonchev–Trinajstić information content (AvgIpc) is 2.40. The van der Waals surface area contributed by atoms with Crippen molar-refractivity contribution in [1.29, 1.82) is 0 Å². The number of hydrogen-bond acceptors (Lipinski definition) is 3. The van der Waals surface area contributed by atoms with Gasteiger partial charge in [0, 0.05) is 33.6 Å². The molecule has 1 N–H and O–H groups in total. The van der Waals surface area contributed by atoms with Crippen LogP contribution in [0.4, 0.5) is 8.78 Å². The molecule has 1 fully saturated rings. The van der Waals surface area contributed by atoms with Crippen molar-refractivity contribution in [3.63, 3.8) is 0 Å². The highest BCUT2D eigenvalue weighted by molar-refractivity contribution is 8.07. The van der Waals surface area contributed by atoms with E-state index in [1.54, 1.807) is 0 Å². The first-order chi connectivity index (χ1) is 9.99. The monoisotopic (exact) mass is 331 g/mol. The van der Waals surface area contributed by atoms with E-state index in [0.29, 0.717) is 22.2 Å². The van der Waals surface area contributed by atoms with Crippen molar-refractivity contribution in [3.8, 4) is 0 Å². The summed E-state index contributed by atoms with van der Waals surface area (Å²) in [5.41, 5.74) is 0.732. The quantitative estimate of drug-likeness (QED) is 0.872. The number of nitrogens with one attached hydrogen (secondary N) is 1. The molecule has 118 valence electrons. The van der Waals surface area contributed by atoms with E-state index in [4.69, 9.17) is 0 Å². The van der Waals surface area contributed by atoms with Crippen LogP contribution in [-0.2, 0) is 6.42 Å². The van der Waals surface area contributed by atoms with E-state index in [0.717, 1.165) is 23.9 Å². The summed E-state index contributed by atoms with van der Waals surface area (Å²) >= 11 is 4.00. The summed E-state index contributed by atoms with van der Waals surface area (Å²) in [6.45, 7) is 7.47. The summed E-state index contributed by atoms with van der Waals surface area (Å²) < 4.78 is 26.7. The predicted molar refractivity (Wildman–Crippen MR) is 90.3 cm³/mol. The Hall–Kier alpha value is -0.260. The topological polar surface area (TPSA) is 12.0 Å². The maximum atomic E-state index is 13.4. The van der Waals surface area contributed by atoms with Gasteiger partial charge >= 0.3 is 0 Å². The van der Waals surface area contributed by atoms with Crippen LogP contribution >= 0.6 is 23.5 Å². The van der Waals surface area contributed by atoms with Crippen LogP contribution in [0.2, 0.25) is 0 Å². The van der Waals surface area contributed by atoms with Crippen molar-refractivity contribution >= 4 is 23.5 Å². The Balaban J connectivity index is 2.08. The maximum absolute atomic E-state index is 13.4. The Kier molecular flexibility index (Phi) is 6.38. The molecule has 0 bridgehead atoms. The molecule has 21 heavy (non-hydrogen) atoms. The van der Waals surface area contributed by atoms with Crippen LogP contribution < -0.4 is 5.32 Å². The smallest absolute Gasteiger partial charge is 0.126 e. The molecule has 2 rings (SSSR count). The Labute approximate surface area is 134 Å². The summed E-state index contributed by atoms with van der Waals surface area (Å²) in [5.74, 6) is 0.104. The fourth-order valence-corrected chi connectivity index (χ4v) is 5.73. The van der Waals surface area contributed by atoms with Gasteiger partial charge in [-0.1, -0.05) is 20.8 Å². The number of hydrogen-bond donors (Lipinski definition) is 1. The lowest BCUT2D eigenvalue weighted by Crippen LogP contribution is -2.44. The van der Waals surface area contributed by atoms with E-state index in [1.165, 1.54) is 12.1 Å². The molecule has 1 aromatic rings. The minimum absolute atomic E-state index is 0.253. The lowest BCUT2D eigenvalue weighted by Gasteiger charge is -2.36. The van der Waals surface area contributed by atoms with Gasteiger partial charge < -0.3 is 5.32 Å². The molecule has 4 atom stereocenters. The fraction of sp³-hybridized carbons (Fsp3) is 0.625. The molecule has 1 heterocycles. The van der Waals surface area contributed by atoms with Crippen LogP contribution in [0.25, 0.3) is 0 Å².